The molecule has 2 heterocycles. The Morgan fingerprint density at radius 1 is 1.35 bits per heavy atom. The normalized spacial score (nSPS) is 18.3. The van der Waals surface area contributed by atoms with Crippen molar-refractivity contribution in [1.29, 1.82) is 0 Å². The number of carbonyl (C=O) groups is 1. The van der Waals surface area contributed by atoms with Gasteiger partial charge in [-0.15, -0.1) is 0 Å². The molecule has 3 rings (SSSR count). The van der Waals surface area contributed by atoms with Crippen molar-refractivity contribution < 1.29 is 19.2 Å². The molecule has 0 radical (unpaired) electrons. The summed E-state index contributed by atoms with van der Waals surface area (Å²) in [5, 5.41) is 12.8. The van der Waals surface area contributed by atoms with E-state index in [2.05, 4.69) is 10.1 Å². The Morgan fingerprint density at radius 3 is 2.80 bits per heavy atom. The van der Waals surface area contributed by atoms with Crippen LogP contribution >= 0.6 is 0 Å². The minimum atomic E-state index is -0.955. The number of rotatable bonds is 4. The maximum absolute atomic E-state index is 10.8. The van der Waals surface area contributed by atoms with E-state index in [9.17, 15) is 4.79 Å². The van der Waals surface area contributed by atoms with Crippen LogP contribution in [0.25, 0.3) is 11.5 Å². The Labute approximate surface area is 115 Å². The highest BCUT2D eigenvalue weighted by atomic mass is 16.5. The molecule has 1 N–H and O–H groups in total. The van der Waals surface area contributed by atoms with Crippen LogP contribution in [-0.2, 0) is 11.2 Å². The lowest BCUT2D eigenvalue weighted by atomic mass is 10.1. The van der Waals surface area contributed by atoms with Gasteiger partial charge in [0.15, 0.2) is 5.82 Å². The topological polar surface area (TPSA) is 85.5 Å². The largest absolute Gasteiger partial charge is 0.478 e. The van der Waals surface area contributed by atoms with E-state index < -0.39 is 5.97 Å². The van der Waals surface area contributed by atoms with Crippen LogP contribution in [0.5, 0.6) is 0 Å². The predicted octanol–water partition coefficient (Wildman–Crippen LogP) is 2.01. The molecule has 1 fully saturated rings. The second-order valence-corrected chi connectivity index (χ2v) is 4.83. The minimum absolute atomic E-state index is 0.233. The summed E-state index contributed by atoms with van der Waals surface area (Å²) in [5.74, 6) is 0.576. The smallest absolute Gasteiger partial charge is 0.335 e. The second-order valence-electron chi connectivity index (χ2n) is 4.83. The first kappa shape index (κ1) is 12.8. The third-order valence-electron chi connectivity index (χ3n) is 3.34. The molecule has 1 aromatic carbocycles. The maximum Gasteiger partial charge on any atom is 0.335 e. The highest BCUT2D eigenvalue weighted by molar-refractivity contribution is 5.88. The van der Waals surface area contributed by atoms with Gasteiger partial charge in [-0.25, -0.2) is 4.79 Å². The molecule has 1 aliphatic rings. The van der Waals surface area contributed by atoms with Crippen molar-refractivity contribution in [2.24, 2.45) is 5.92 Å². The van der Waals surface area contributed by atoms with Gasteiger partial charge in [0.25, 0.3) is 5.89 Å². The van der Waals surface area contributed by atoms with Crippen molar-refractivity contribution in [1.82, 2.24) is 10.1 Å². The van der Waals surface area contributed by atoms with E-state index in [1.807, 2.05) is 0 Å². The summed E-state index contributed by atoms with van der Waals surface area (Å²) in [6, 6.07) is 6.37. The highest BCUT2D eigenvalue weighted by Crippen LogP contribution is 2.21. The number of hydrogen-bond donors (Lipinski definition) is 1. The molecule has 20 heavy (non-hydrogen) atoms. The molecule has 1 saturated heterocycles. The SMILES string of the molecule is O=C(O)c1ccc(-c2nc(CC3CCOC3)no2)cc1. The van der Waals surface area contributed by atoms with E-state index in [1.165, 1.54) is 12.1 Å². The van der Waals surface area contributed by atoms with Crippen molar-refractivity contribution in [2.75, 3.05) is 13.2 Å². The van der Waals surface area contributed by atoms with Gasteiger partial charge in [-0.05, 0) is 36.6 Å². The van der Waals surface area contributed by atoms with Gasteiger partial charge >= 0.3 is 5.97 Å². The van der Waals surface area contributed by atoms with Crippen LogP contribution < -0.4 is 0 Å². The number of aromatic carboxylic acids is 1. The van der Waals surface area contributed by atoms with Crippen molar-refractivity contribution in [3.8, 4) is 11.5 Å². The molecule has 2 aromatic rings. The van der Waals surface area contributed by atoms with E-state index in [0.717, 1.165) is 31.6 Å². The lowest BCUT2D eigenvalue weighted by molar-refractivity contribution is 0.0697. The Morgan fingerprint density at radius 2 is 2.15 bits per heavy atom. The molecule has 0 aliphatic carbocycles. The number of nitrogens with zero attached hydrogens (tertiary/aromatic N) is 2. The summed E-state index contributed by atoms with van der Waals surface area (Å²) in [4.78, 5) is 15.1. The quantitative estimate of drug-likeness (QED) is 0.918. The standard InChI is InChI=1S/C14H14N2O4/c17-14(18)11-3-1-10(2-4-11)13-15-12(16-20-13)7-9-5-6-19-8-9/h1-4,9H,5-8H2,(H,17,18). The molecular weight excluding hydrogens is 260 g/mol. The van der Waals surface area contributed by atoms with Crippen LogP contribution in [0.4, 0.5) is 0 Å². The summed E-state index contributed by atoms with van der Waals surface area (Å²) in [5.41, 5.74) is 0.952. The lowest BCUT2D eigenvalue weighted by Crippen LogP contribution is -2.04. The van der Waals surface area contributed by atoms with Gasteiger partial charge in [-0.3, -0.25) is 0 Å². The monoisotopic (exact) mass is 274 g/mol. The van der Waals surface area contributed by atoms with Crippen LogP contribution in [0.3, 0.4) is 0 Å². The molecule has 1 aliphatic heterocycles. The first-order chi connectivity index (χ1) is 9.72. The van der Waals surface area contributed by atoms with Gasteiger partial charge in [-0.1, -0.05) is 5.16 Å². The number of carboxylic acid groups (broad SMARTS) is 1. The Hall–Kier alpha value is -2.21. The van der Waals surface area contributed by atoms with Crippen molar-refractivity contribution in [2.45, 2.75) is 12.8 Å². The van der Waals surface area contributed by atoms with Gasteiger partial charge in [0, 0.05) is 25.2 Å². The minimum Gasteiger partial charge on any atom is -0.478 e. The number of hydrogen-bond acceptors (Lipinski definition) is 5. The average Bonchev–Trinajstić information content (AvgIpc) is 3.11. The third-order valence-corrected chi connectivity index (χ3v) is 3.34. The van der Waals surface area contributed by atoms with Crippen LogP contribution in [0, 0.1) is 5.92 Å². The fraction of sp³-hybridized carbons (Fsp3) is 0.357. The zero-order valence-corrected chi connectivity index (χ0v) is 10.8. The predicted molar refractivity (Wildman–Crippen MR) is 69.3 cm³/mol. The summed E-state index contributed by atoms with van der Waals surface area (Å²) < 4.78 is 10.5. The first-order valence-electron chi connectivity index (χ1n) is 6.46. The van der Waals surface area contributed by atoms with Crippen LogP contribution in [-0.4, -0.2) is 34.4 Å². The number of ether oxygens (including phenoxy) is 1. The first-order valence-corrected chi connectivity index (χ1v) is 6.46. The Bertz CT molecular complexity index is 600. The number of benzene rings is 1. The summed E-state index contributed by atoms with van der Waals surface area (Å²) >= 11 is 0. The zero-order chi connectivity index (χ0) is 13.9. The van der Waals surface area contributed by atoms with Crippen LogP contribution in [0.2, 0.25) is 0 Å². The lowest BCUT2D eigenvalue weighted by Gasteiger charge is -2.01. The second kappa shape index (κ2) is 5.42. The van der Waals surface area contributed by atoms with Gasteiger partial charge in [0.05, 0.1) is 5.56 Å². The average molecular weight is 274 g/mol. The van der Waals surface area contributed by atoms with Crippen molar-refractivity contribution >= 4 is 5.97 Å². The van der Waals surface area contributed by atoms with E-state index in [1.54, 1.807) is 12.1 Å². The molecular formula is C14H14N2O4. The molecule has 1 unspecified atom stereocenters. The molecule has 1 atom stereocenters. The fourth-order valence-electron chi connectivity index (χ4n) is 2.21. The van der Waals surface area contributed by atoms with Gasteiger partial charge < -0.3 is 14.4 Å². The fourth-order valence-corrected chi connectivity index (χ4v) is 2.21. The van der Waals surface area contributed by atoms with Gasteiger partial charge in [0.1, 0.15) is 0 Å². The van der Waals surface area contributed by atoms with Crippen LogP contribution in [0.15, 0.2) is 28.8 Å². The molecule has 0 spiro atoms. The summed E-state index contributed by atoms with van der Waals surface area (Å²) in [6.07, 6.45) is 1.77. The summed E-state index contributed by atoms with van der Waals surface area (Å²) in [6.45, 7) is 1.54. The highest BCUT2D eigenvalue weighted by Gasteiger charge is 2.19. The van der Waals surface area contributed by atoms with E-state index in [0.29, 0.717) is 17.6 Å². The van der Waals surface area contributed by atoms with Crippen LogP contribution in [0.1, 0.15) is 22.6 Å². The van der Waals surface area contributed by atoms with Crippen molar-refractivity contribution in [3.05, 3.63) is 35.7 Å². The number of aromatic nitrogens is 2. The third kappa shape index (κ3) is 2.70. The molecule has 0 amide bonds. The van der Waals surface area contributed by atoms with E-state index >= 15 is 0 Å². The van der Waals surface area contributed by atoms with Crippen molar-refractivity contribution in [3.63, 3.8) is 0 Å². The molecule has 104 valence electrons. The molecule has 0 saturated carbocycles. The Kier molecular flexibility index (Phi) is 3.47. The van der Waals surface area contributed by atoms with E-state index in [-0.39, 0.29) is 5.56 Å². The summed E-state index contributed by atoms with van der Waals surface area (Å²) in [7, 11) is 0. The number of carboxylic acids is 1. The molecule has 1 aromatic heterocycles. The van der Waals surface area contributed by atoms with Gasteiger partial charge in [0.2, 0.25) is 0 Å². The molecule has 6 heteroatoms. The maximum atomic E-state index is 10.8. The zero-order valence-electron chi connectivity index (χ0n) is 10.8. The van der Waals surface area contributed by atoms with E-state index in [4.69, 9.17) is 14.4 Å². The Balaban J connectivity index is 1.73. The van der Waals surface area contributed by atoms with Gasteiger partial charge in [-0.2, -0.15) is 4.98 Å². The molecule has 0 bridgehead atoms. The molecule has 6 nitrogen and oxygen atoms in total.